The molecule has 100 valence electrons. The van der Waals surface area contributed by atoms with Crippen LogP contribution in [0.4, 0.5) is 0 Å². The Morgan fingerprint density at radius 3 is 2.78 bits per heavy atom. The van der Waals surface area contributed by atoms with Crippen LogP contribution in [0.2, 0.25) is 0 Å². The molecule has 0 amide bonds. The van der Waals surface area contributed by atoms with Crippen LogP contribution in [0.5, 0.6) is 5.75 Å². The molecule has 2 atom stereocenters. The second kappa shape index (κ2) is 7.05. The third-order valence-corrected chi connectivity index (χ3v) is 4.43. The van der Waals surface area contributed by atoms with Gasteiger partial charge < -0.3 is 10.1 Å². The Balaban J connectivity index is 1.87. The summed E-state index contributed by atoms with van der Waals surface area (Å²) in [6.07, 6.45) is 2.35. The van der Waals surface area contributed by atoms with Crippen molar-refractivity contribution in [1.82, 2.24) is 5.32 Å². The fourth-order valence-electron chi connectivity index (χ4n) is 2.19. The van der Waals surface area contributed by atoms with Crippen molar-refractivity contribution in [1.29, 1.82) is 0 Å². The Hall–Kier alpha value is -0.670. The van der Waals surface area contributed by atoms with Gasteiger partial charge in [-0.3, -0.25) is 0 Å². The topological polar surface area (TPSA) is 21.3 Å². The number of thioether (sulfide) groups is 1. The van der Waals surface area contributed by atoms with E-state index in [1.807, 2.05) is 11.8 Å². The lowest BCUT2D eigenvalue weighted by atomic mass is 10.1. The van der Waals surface area contributed by atoms with Gasteiger partial charge in [0.2, 0.25) is 0 Å². The molecule has 2 nitrogen and oxygen atoms in total. The van der Waals surface area contributed by atoms with Gasteiger partial charge >= 0.3 is 0 Å². The maximum absolute atomic E-state index is 5.60. The molecule has 1 saturated heterocycles. The van der Waals surface area contributed by atoms with Crippen molar-refractivity contribution < 1.29 is 4.74 Å². The second-order valence-corrected chi connectivity index (χ2v) is 6.02. The van der Waals surface area contributed by atoms with Crippen molar-refractivity contribution in [3.8, 4) is 5.75 Å². The van der Waals surface area contributed by atoms with Gasteiger partial charge in [0.05, 0.1) is 6.61 Å². The fraction of sp³-hybridized carbons (Fsp3) is 0.600. The van der Waals surface area contributed by atoms with E-state index in [0.29, 0.717) is 12.1 Å². The molecule has 1 aromatic carbocycles. The molecule has 0 radical (unpaired) electrons. The Morgan fingerprint density at radius 1 is 1.39 bits per heavy atom. The molecule has 1 N–H and O–H groups in total. The van der Waals surface area contributed by atoms with E-state index in [2.05, 4.69) is 43.4 Å². The molecular formula is C15H23NOS. The van der Waals surface area contributed by atoms with E-state index in [1.165, 1.54) is 23.5 Å². The van der Waals surface area contributed by atoms with Crippen LogP contribution in [0, 0.1) is 0 Å². The molecule has 1 fully saturated rings. The van der Waals surface area contributed by atoms with Crippen LogP contribution in [-0.2, 0) is 0 Å². The van der Waals surface area contributed by atoms with E-state index < -0.39 is 0 Å². The molecule has 0 saturated carbocycles. The van der Waals surface area contributed by atoms with Gasteiger partial charge in [-0.25, -0.2) is 0 Å². The third-order valence-electron chi connectivity index (χ3n) is 3.27. The van der Waals surface area contributed by atoms with Crippen LogP contribution in [-0.4, -0.2) is 24.2 Å². The van der Waals surface area contributed by atoms with Gasteiger partial charge in [0.25, 0.3) is 0 Å². The molecule has 1 heterocycles. The minimum absolute atomic E-state index is 0.425. The standard InChI is InChI=1S/C15H23NOS/c1-3-9-17-15-6-4-13(5-7-15)12(2)16-14-8-10-18-11-14/h4-7,12,14,16H,3,8-11H2,1-2H3. The van der Waals surface area contributed by atoms with Crippen LogP contribution in [0.3, 0.4) is 0 Å². The number of hydrogen-bond donors (Lipinski definition) is 1. The van der Waals surface area contributed by atoms with Crippen LogP contribution >= 0.6 is 11.8 Å². The van der Waals surface area contributed by atoms with Gasteiger partial charge in [-0.1, -0.05) is 19.1 Å². The SMILES string of the molecule is CCCOc1ccc(C(C)NC2CCSC2)cc1. The van der Waals surface area contributed by atoms with E-state index in [-0.39, 0.29) is 0 Å². The van der Waals surface area contributed by atoms with Gasteiger partial charge in [-0.2, -0.15) is 11.8 Å². The fourth-order valence-corrected chi connectivity index (χ4v) is 3.35. The maximum atomic E-state index is 5.60. The quantitative estimate of drug-likeness (QED) is 0.848. The summed E-state index contributed by atoms with van der Waals surface area (Å²) in [6.45, 7) is 5.16. The molecule has 0 aliphatic carbocycles. The van der Waals surface area contributed by atoms with Crippen molar-refractivity contribution in [2.45, 2.75) is 38.8 Å². The predicted molar refractivity (Wildman–Crippen MR) is 79.5 cm³/mol. The minimum atomic E-state index is 0.425. The lowest BCUT2D eigenvalue weighted by molar-refractivity contribution is 0.317. The number of ether oxygens (including phenoxy) is 1. The monoisotopic (exact) mass is 265 g/mol. The first-order chi connectivity index (χ1) is 8.79. The lowest BCUT2D eigenvalue weighted by Gasteiger charge is -2.19. The molecule has 0 bridgehead atoms. The predicted octanol–water partition coefficient (Wildman–Crippen LogP) is 3.63. The Labute approximate surface area is 114 Å². The summed E-state index contributed by atoms with van der Waals surface area (Å²) in [5.41, 5.74) is 1.34. The molecule has 1 aromatic rings. The van der Waals surface area contributed by atoms with Crippen LogP contribution in [0.15, 0.2) is 24.3 Å². The summed E-state index contributed by atoms with van der Waals surface area (Å²) < 4.78 is 5.60. The van der Waals surface area contributed by atoms with Crippen molar-refractivity contribution in [2.75, 3.05) is 18.1 Å². The maximum Gasteiger partial charge on any atom is 0.119 e. The molecular weight excluding hydrogens is 242 g/mol. The highest BCUT2D eigenvalue weighted by Crippen LogP contribution is 2.22. The molecule has 18 heavy (non-hydrogen) atoms. The zero-order valence-electron chi connectivity index (χ0n) is 11.3. The summed E-state index contributed by atoms with van der Waals surface area (Å²) in [7, 11) is 0. The van der Waals surface area contributed by atoms with Gasteiger partial charge in [-0.05, 0) is 43.2 Å². The van der Waals surface area contributed by atoms with E-state index in [1.54, 1.807) is 0 Å². The minimum Gasteiger partial charge on any atom is -0.494 e. The molecule has 1 aliphatic heterocycles. The van der Waals surface area contributed by atoms with Crippen molar-refractivity contribution >= 4 is 11.8 Å². The van der Waals surface area contributed by atoms with Crippen molar-refractivity contribution in [3.05, 3.63) is 29.8 Å². The smallest absolute Gasteiger partial charge is 0.119 e. The largest absolute Gasteiger partial charge is 0.494 e. The number of benzene rings is 1. The molecule has 2 rings (SSSR count). The van der Waals surface area contributed by atoms with E-state index in [4.69, 9.17) is 4.74 Å². The van der Waals surface area contributed by atoms with E-state index >= 15 is 0 Å². The Morgan fingerprint density at radius 2 is 2.17 bits per heavy atom. The summed E-state index contributed by atoms with van der Waals surface area (Å²) in [5, 5.41) is 3.70. The first-order valence-corrected chi connectivity index (χ1v) is 8.01. The summed E-state index contributed by atoms with van der Waals surface area (Å²) in [6, 6.07) is 9.60. The summed E-state index contributed by atoms with van der Waals surface area (Å²) in [5.74, 6) is 3.53. The molecule has 1 aliphatic rings. The van der Waals surface area contributed by atoms with Crippen LogP contribution in [0.25, 0.3) is 0 Å². The molecule has 3 heteroatoms. The zero-order chi connectivity index (χ0) is 12.8. The van der Waals surface area contributed by atoms with Gasteiger partial charge in [0.1, 0.15) is 5.75 Å². The second-order valence-electron chi connectivity index (χ2n) is 4.87. The average molecular weight is 265 g/mol. The molecule has 2 unspecified atom stereocenters. The number of nitrogens with one attached hydrogen (secondary N) is 1. The Bertz CT molecular complexity index is 346. The van der Waals surface area contributed by atoms with Gasteiger partial charge in [-0.15, -0.1) is 0 Å². The number of hydrogen-bond acceptors (Lipinski definition) is 3. The average Bonchev–Trinajstić information content (AvgIpc) is 2.89. The van der Waals surface area contributed by atoms with Crippen LogP contribution in [0.1, 0.15) is 38.3 Å². The number of rotatable bonds is 6. The lowest BCUT2D eigenvalue weighted by Crippen LogP contribution is -2.31. The zero-order valence-corrected chi connectivity index (χ0v) is 12.1. The van der Waals surface area contributed by atoms with Crippen molar-refractivity contribution in [3.63, 3.8) is 0 Å². The first kappa shape index (κ1) is 13.8. The van der Waals surface area contributed by atoms with Gasteiger partial charge in [0, 0.05) is 17.8 Å². The normalized spacial score (nSPS) is 20.9. The third kappa shape index (κ3) is 3.92. The molecule has 0 aromatic heterocycles. The van der Waals surface area contributed by atoms with Gasteiger partial charge in [0.15, 0.2) is 0 Å². The summed E-state index contributed by atoms with van der Waals surface area (Å²) in [4.78, 5) is 0. The van der Waals surface area contributed by atoms with Crippen LogP contribution < -0.4 is 10.1 Å². The highest BCUT2D eigenvalue weighted by Gasteiger charge is 2.17. The van der Waals surface area contributed by atoms with E-state index in [0.717, 1.165) is 18.8 Å². The van der Waals surface area contributed by atoms with E-state index in [9.17, 15) is 0 Å². The first-order valence-electron chi connectivity index (χ1n) is 6.86. The highest BCUT2D eigenvalue weighted by atomic mass is 32.2. The highest BCUT2D eigenvalue weighted by molar-refractivity contribution is 7.99. The molecule has 0 spiro atoms. The van der Waals surface area contributed by atoms with Crippen molar-refractivity contribution in [2.24, 2.45) is 0 Å². The Kier molecular flexibility index (Phi) is 5.39. The summed E-state index contributed by atoms with van der Waals surface area (Å²) >= 11 is 2.05.